The number of rotatable bonds is 14. The Balaban J connectivity index is 1.69. The van der Waals surface area contributed by atoms with Crippen LogP contribution in [0, 0.1) is 0 Å². The third-order valence-electron chi connectivity index (χ3n) is 6.67. The number of nitrogens with zero attached hydrogens (tertiary/aromatic N) is 2. The molecule has 1 aliphatic heterocycles. The number of carbonyl (C=O) groups excluding carboxylic acids is 2. The van der Waals surface area contributed by atoms with E-state index in [9.17, 15) is 9.59 Å². The van der Waals surface area contributed by atoms with Crippen LogP contribution in [-0.2, 0) is 20.7 Å². The standard InChI is InChI=1S/C28H39ClN2O3S/c1-3-4-5-6-7-8-10-26(32)30(17-9-19-34-2)21-27(33)31-18-15-25-24(16-20-35-25)28(31)22-11-13-23(29)14-12-22/h11-14,16,20,28H,3-10,15,17-19,21H2,1-2H3. The van der Waals surface area contributed by atoms with Crippen molar-refractivity contribution in [2.24, 2.45) is 0 Å². The van der Waals surface area contributed by atoms with Gasteiger partial charge in [-0.3, -0.25) is 9.59 Å². The Hall–Kier alpha value is -1.89. The van der Waals surface area contributed by atoms with E-state index >= 15 is 0 Å². The lowest BCUT2D eigenvalue weighted by Crippen LogP contribution is -2.47. The van der Waals surface area contributed by atoms with Gasteiger partial charge >= 0.3 is 0 Å². The lowest BCUT2D eigenvalue weighted by atomic mass is 9.93. The molecule has 0 bridgehead atoms. The molecule has 1 aromatic heterocycles. The van der Waals surface area contributed by atoms with Crippen molar-refractivity contribution in [2.75, 3.05) is 33.4 Å². The van der Waals surface area contributed by atoms with E-state index in [1.807, 2.05) is 29.2 Å². The number of fused-ring (bicyclic) bond motifs is 1. The minimum absolute atomic E-state index is 0.00415. The maximum atomic E-state index is 13.7. The van der Waals surface area contributed by atoms with Gasteiger partial charge in [-0.1, -0.05) is 62.8 Å². The topological polar surface area (TPSA) is 49.9 Å². The van der Waals surface area contributed by atoms with Crippen LogP contribution in [0.1, 0.15) is 80.3 Å². The molecule has 0 spiro atoms. The minimum atomic E-state index is -0.149. The second kappa shape index (κ2) is 14.6. The Bertz CT molecular complexity index is 931. The molecule has 35 heavy (non-hydrogen) atoms. The number of benzene rings is 1. The normalized spacial score (nSPS) is 15.2. The third-order valence-corrected chi connectivity index (χ3v) is 7.92. The van der Waals surface area contributed by atoms with Crippen molar-refractivity contribution in [1.82, 2.24) is 9.80 Å². The fourth-order valence-corrected chi connectivity index (χ4v) is 5.78. The summed E-state index contributed by atoms with van der Waals surface area (Å²) in [5, 5.41) is 2.78. The first kappa shape index (κ1) is 27.7. The first-order chi connectivity index (χ1) is 17.0. The highest BCUT2D eigenvalue weighted by Crippen LogP contribution is 2.38. The number of halogens is 1. The van der Waals surface area contributed by atoms with Gasteiger partial charge in [0.1, 0.15) is 0 Å². The van der Waals surface area contributed by atoms with Crippen LogP contribution < -0.4 is 0 Å². The molecule has 2 amide bonds. The molecule has 7 heteroatoms. The molecular formula is C28H39ClN2O3S. The highest BCUT2D eigenvalue weighted by Gasteiger charge is 2.33. The average Bonchev–Trinajstić information content (AvgIpc) is 3.34. The van der Waals surface area contributed by atoms with E-state index in [4.69, 9.17) is 16.3 Å². The monoisotopic (exact) mass is 518 g/mol. The zero-order valence-electron chi connectivity index (χ0n) is 21.1. The van der Waals surface area contributed by atoms with Crippen LogP contribution in [-0.4, -0.2) is 55.0 Å². The molecule has 5 nitrogen and oxygen atoms in total. The van der Waals surface area contributed by atoms with Crippen molar-refractivity contribution in [3.05, 3.63) is 56.7 Å². The number of carbonyl (C=O) groups is 2. The van der Waals surface area contributed by atoms with Crippen LogP contribution in [0.3, 0.4) is 0 Å². The maximum absolute atomic E-state index is 13.7. The van der Waals surface area contributed by atoms with E-state index < -0.39 is 0 Å². The predicted octanol–water partition coefficient (Wildman–Crippen LogP) is 6.49. The van der Waals surface area contributed by atoms with Gasteiger partial charge in [0.15, 0.2) is 0 Å². The quantitative estimate of drug-likeness (QED) is 0.268. The van der Waals surface area contributed by atoms with Crippen LogP contribution in [0.25, 0.3) is 0 Å². The lowest BCUT2D eigenvalue weighted by Gasteiger charge is -2.37. The molecular weight excluding hydrogens is 480 g/mol. The number of hydrogen-bond donors (Lipinski definition) is 0. The highest BCUT2D eigenvalue weighted by atomic mass is 35.5. The molecule has 2 heterocycles. The van der Waals surface area contributed by atoms with Crippen molar-refractivity contribution in [1.29, 1.82) is 0 Å². The SMILES string of the molecule is CCCCCCCCC(=O)N(CCCOC)CC(=O)N1CCc2sccc2C1c1ccc(Cl)cc1. The van der Waals surface area contributed by atoms with Crippen molar-refractivity contribution >= 4 is 34.8 Å². The Labute approximate surface area is 219 Å². The smallest absolute Gasteiger partial charge is 0.242 e. The molecule has 1 atom stereocenters. The van der Waals surface area contributed by atoms with Crippen molar-refractivity contribution in [3.8, 4) is 0 Å². The lowest BCUT2D eigenvalue weighted by molar-refractivity contribution is -0.142. The second-order valence-corrected chi connectivity index (χ2v) is 10.7. The summed E-state index contributed by atoms with van der Waals surface area (Å²) in [5.41, 5.74) is 2.23. The molecule has 1 unspecified atom stereocenters. The number of amides is 2. The van der Waals surface area contributed by atoms with E-state index in [2.05, 4.69) is 18.4 Å². The second-order valence-electron chi connectivity index (χ2n) is 9.27. The summed E-state index contributed by atoms with van der Waals surface area (Å²) >= 11 is 7.88. The summed E-state index contributed by atoms with van der Waals surface area (Å²) in [7, 11) is 1.66. The van der Waals surface area contributed by atoms with Crippen molar-refractivity contribution in [3.63, 3.8) is 0 Å². The summed E-state index contributed by atoms with van der Waals surface area (Å²) in [5.74, 6) is 0.0664. The number of ether oxygens (including phenoxy) is 1. The van der Waals surface area contributed by atoms with Gasteiger partial charge in [-0.15, -0.1) is 11.3 Å². The summed E-state index contributed by atoms with van der Waals surface area (Å²) in [6.45, 7) is 4.08. The molecule has 0 radical (unpaired) electrons. The summed E-state index contributed by atoms with van der Waals surface area (Å²) in [6, 6.07) is 9.73. The van der Waals surface area contributed by atoms with Crippen LogP contribution in [0.2, 0.25) is 5.02 Å². The Morgan fingerprint density at radius 2 is 1.83 bits per heavy atom. The third kappa shape index (κ3) is 8.06. The zero-order chi connectivity index (χ0) is 25.0. The van der Waals surface area contributed by atoms with E-state index in [-0.39, 0.29) is 24.4 Å². The van der Waals surface area contributed by atoms with Gasteiger partial charge in [-0.2, -0.15) is 0 Å². The molecule has 0 aliphatic carbocycles. The molecule has 1 aromatic carbocycles. The highest BCUT2D eigenvalue weighted by molar-refractivity contribution is 7.10. The van der Waals surface area contributed by atoms with Gasteiger partial charge < -0.3 is 14.5 Å². The first-order valence-electron chi connectivity index (χ1n) is 12.9. The molecule has 2 aromatic rings. The van der Waals surface area contributed by atoms with E-state index in [1.54, 1.807) is 23.3 Å². The average molecular weight is 519 g/mol. The Kier molecular flexibility index (Phi) is 11.6. The molecule has 0 saturated heterocycles. The molecule has 0 saturated carbocycles. The zero-order valence-corrected chi connectivity index (χ0v) is 22.7. The van der Waals surface area contributed by atoms with Gasteiger partial charge in [0.05, 0.1) is 12.6 Å². The molecule has 3 rings (SSSR count). The summed E-state index contributed by atoms with van der Waals surface area (Å²) < 4.78 is 5.20. The van der Waals surface area contributed by atoms with E-state index in [0.29, 0.717) is 31.1 Å². The maximum Gasteiger partial charge on any atom is 0.242 e. The van der Waals surface area contributed by atoms with Crippen LogP contribution in [0.5, 0.6) is 0 Å². The van der Waals surface area contributed by atoms with E-state index in [1.165, 1.54) is 36.1 Å². The molecule has 192 valence electrons. The fraction of sp³-hybridized carbons (Fsp3) is 0.571. The van der Waals surface area contributed by atoms with Gasteiger partial charge in [0.2, 0.25) is 11.8 Å². The summed E-state index contributed by atoms with van der Waals surface area (Å²) in [4.78, 5) is 31.8. The molecule has 0 fully saturated rings. The minimum Gasteiger partial charge on any atom is -0.385 e. The number of hydrogen-bond acceptors (Lipinski definition) is 4. The summed E-state index contributed by atoms with van der Waals surface area (Å²) in [6.07, 6.45) is 8.89. The van der Waals surface area contributed by atoms with Crippen LogP contribution in [0.4, 0.5) is 0 Å². The number of methoxy groups -OCH3 is 1. The van der Waals surface area contributed by atoms with Gasteiger partial charge in [-0.05, 0) is 54.0 Å². The van der Waals surface area contributed by atoms with Gasteiger partial charge in [0, 0.05) is 43.1 Å². The van der Waals surface area contributed by atoms with Gasteiger partial charge in [-0.25, -0.2) is 0 Å². The van der Waals surface area contributed by atoms with Crippen molar-refractivity contribution < 1.29 is 14.3 Å². The number of unbranched alkanes of at least 4 members (excludes halogenated alkanes) is 5. The number of thiophene rings is 1. The van der Waals surface area contributed by atoms with E-state index in [0.717, 1.165) is 31.2 Å². The van der Waals surface area contributed by atoms with Crippen LogP contribution in [0.15, 0.2) is 35.7 Å². The Morgan fingerprint density at radius 1 is 1.09 bits per heavy atom. The van der Waals surface area contributed by atoms with Crippen LogP contribution >= 0.6 is 22.9 Å². The molecule has 0 N–H and O–H groups in total. The largest absolute Gasteiger partial charge is 0.385 e. The van der Waals surface area contributed by atoms with Gasteiger partial charge in [0.25, 0.3) is 0 Å². The predicted molar refractivity (Wildman–Crippen MR) is 144 cm³/mol. The first-order valence-corrected chi connectivity index (χ1v) is 14.2. The fourth-order valence-electron chi connectivity index (χ4n) is 4.75. The van der Waals surface area contributed by atoms with Crippen molar-refractivity contribution in [2.45, 2.75) is 70.8 Å². The molecule has 1 aliphatic rings. The Morgan fingerprint density at radius 3 is 2.57 bits per heavy atom.